The van der Waals surface area contributed by atoms with Crippen molar-refractivity contribution in [1.82, 2.24) is 4.90 Å². The number of benzene rings is 1. The summed E-state index contributed by atoms with van der Waals surface area (Å²) in [7, 11) is 0. The molecule has 0 radical (unpaired) electrons. The zero-order valence-corrected chi connectivity index (χ0v) is 12.3. The van der Waals surface area contributed by atoms with Crippen LogP contribution in [-0.2, 0) is 0 Å². The van der Waals surface area contributed by atoms with E-state index < -0.39 is 0 Å². The van der Waals surface area contributed by atoms with E-state index in [1.165, 1.54) is 23.1 Å². The van der Waals surface area contributed by atoms with Crippen molar-refractivity contribution in [2.24, 2.45) is 5.92 Å². The van der Waals surface area contributed by atoms with Crippen molar-refractivity contribution in [3.8, 4) is 0 Å². The average molecular weight is 243 g/mol. The maximum atomic E-state index is 2.53. The first kappa shape index (κ1) is 13.2. The second-order valence-corrected chi connectivity index (χ2v) is 6.08. The van der Waals surface area contributed by atoms with Gasteiger partial charge in [-0.05, 0) is 44.2 Å². The Kier molecular flexibility index (Phi) is 3.79. The minimum atomic E-state index is 0.584. The van der Waals surface area contributed by atoms with Crippen LogP contribution in [0.5, 0.6) is 0 Å². The molecule has 0 spiro atoms. The van der Waals surface area contributed by atoms with Crippen LogP contribution in [0, 0.1) is 12.8 Å². The molecule has 2 rings (SSSR count). The number of hydrogen-bond donors (Lipinski definition) is 0. The topological polar surface area (TPSA) is 3.24 Å². The van der Waals surface area contributed by atoms with Gasteiger partial charge >= 0.3 is 0 Å². The Morgan fingerprint density at radius 2 is 1.67 bits per heavy atom. The van der Waals surface area contributed by atoms with Crippen LogP contribution in [-0.4, -0.2) is 17.0 Å². The largest absolute Gasteiger partial charge is 0.371 e. The molecule has 1 nitrogen and oxygen atoms in total. The summed E-state index contributed by atoms with van der Waals surface area (Å²) in [5.74, 6) is 0.701. The van der Waals surface area contributed by atoms with Crippen molar-refractivity contribution in [3.63, 3.8) is 0 Å². The fraction of sp³-hybridized carbons (Fsp3) is 0.529. The molecule has 1 aliphatic heterocycles. The average Bonchev–Trinajstić information content (AvgIpc) is 2.75. The van der Waals surface area contributed by atoms with Crippen LogP contribution >= 0.6 is 0 Å². The van der Waals surface area contributed by atoms with Crippen molar-refractivity contribution < 1.29 is 0 Å². The molecule has 0 fully saturated rings. The van der Waals surface area contributed by atoms with Crippen LogP contribution in [0.2, 0.25) is 0 Å². The van der Waals surface area contributed by atoms with Crippen LogP contribution < -0.4 is 0 Å². The van der Waals surface area contributed by atoms with Gasteiger partial charge in [0, 0.05) is 18.3 Å². The summed E-state index contributed by atoms with van der Waals surface area (Å²) in [5, 5.41) is 0. The molecule has 1 aromatic rings. The van der Waals surface area contributed by atoms with Crippen molar-refractivity contribution in [1.29, 1.82) is 0 Å². The van der Waals surface area contributed by atoms with Crippen LogP contribution in [0.3, 0.4) is 0 Å². The van der Waals surface area contributed by atoms with Crippen LogP contribution in [0.1, 0.15) is 45.2 Å². The molecular formula is C17H25N. The Morgan fingerprint density at radius 1 is 1.06 bits per heavy atom. The fourth-order valence-corrected chi connectivity index (χ4v) is 2.73. The quantitative estimate of drug-likeness (QED) is 0.757. The molecule has 0 aliphatic carbocycles. The van der Waals surface area contributed by atoms with Gasteiger partial charge in [-0.1, -0.05) is 43.7 Å². The van der Waals surface area contributed by atoms with Crippen molar-refractivity contribution >= 4 is 5.57 Å². The van der Waals surface area contributed by atoms with Gasteiger partial charge in [-0.3, -0.25) is 0 Å². The van der Waals surface area contributed by atoms with E-state index in [0.717, 1.165) is 0 Å². The summed E-state index contributed by atoms with van der Waals surface area (Å²) in [5.41, 5.74) is 4.20. The first-order valence-electron chi connectivity index (χ1n) is 7.04. The number of rotatable bonds is 3. The van der Waals surface area contributed by atoms with Crippen molar-refractivity contribution in [2.75, 3.05) is 0 Å². The molecule has 0 saturated carbocycles. The summed E-state index contributed by atoms with van der Waals surface area (Å²) in [6.45, 7) is 11.4. The lowest BCUT2D eigenvalue weighted by Gasteiger charge is -2.32. The van der Waals surface area contributed by atoms with Crippen LogP contribution in [0.25, 0.3) is 5.57 Å². The first-order valence-corrected chi connectivity index (χ1v) is 7.04. The van der Waals surface area contributed by atoms with Crippen molar-refractivity contribution in [2.45, 2.75) is 53.1 Å². The first-order chi connectivity index (χ1) is 8.49. The van der Waals surface area contributed by atoms with Gasteiger partial charge in [0.15, 0.2) is 0 Å². The third-order valence-electron chi connectivity index (χ3n) is 3.91. The van der Waals surface area contributed by atoms with Gasteiger partial charge in [0.2, 0.25) is 0 Å². The molecule has 98 valence electrons. The lowest BCUT2D eigenvalue weighted by atomic mass is 9.95. The minimum absolute atomic E-state index is 0.584. The summed E-state index contributed by atoms with van der Waals surface area (Å²) < 4.78 is 0. The summed E-state index contributed by atoms with van der Waals surface area (Å²) in [6, 6.07) is 10.2. The van der Waals surface area contributed by atoms with Gasteiger partial charge in [0.05, 0.1) is 0 Å². The Bertz CT molecular complexity index is 425. The molecule has 18 heavy (non-hydrogen) atoms. The highest BCUT2D eigenvalue weighted by molar-refractivity contribution is 5.68. The number of hydrogen-bond acceptors (Lipinski definition) is 1. The third kappa shape index (κ3) is 2.60. The molecule has 1 aliphatic rings. The van der Waals surface area contributed by atoms with Crippen molar-refractivity contribution in [3.05, 3.63) is 41.6 Å². The van der Waals surface area contributed by atoms with Gasteiger partial charge in [0.25, 0.3) is 0 Å². The molecule has 0 aromatic heterocycles. The maximum absolute atomic E-state index is 2.53. The molecule has 0 unspecified atom stereocenters. The normalized spacial score (nSPS) is 19.8. The lowest BCUT2D eigenvalue weighted by Crippen LogP contribution is -2.36. The second kappa shape index (κ2) is 5.17. The van der Waals surface area contributed by atoms with E-state index >= 15 is 0 Å². The van der Waals surface area contributed by atoms with Crippen LogP contribution in [0.15, 0.2) is 30.5 Å². The van der Waals surface area contributed by atoms with E-state index in [0.29, 0.717) is 18.0 Å². The van der Waals surface area contributed by atoms with Crippen LogP contribution in [0.4, 0.5) is 0 Å². The fourth-order valence-electron chi connectivity index (χ4n) is 2.73. The van der Waals surface area contributed by atoms with Gasteiger partial charge in [0.1, 0.15) is 0 Å². The smallest absolute Gasteiger partial charge is 0.0351 e. The summed E-state index contributed by atoms with van der Waals surface area (Å²) in [4.78, 5) is 2.53. The molecule has 1 heterocycles. The Morgan fingerprint density at radius 3 is 2.11 bits per heavy atom. The number of aryl methyl sites for hydroxylation is 1. The zero-order chi connectivity index (χ0) is 13.3. The monoisotopic (exact) mass is 243 g/mol. The molecule has 1 atom stereocenters. The Hall–Kier alpha value is -1.24. The number of nitrogens with zero attached hydrogens (tertiary/aromatic N) is 1. The lowest BCUT2D eigenvalue weighted by molar-refractivity contribution is 0.201. The molecule has 0 saturated heterocycles. The second-order valence-electron chi connectivity index (χ2n) is 6.08. The van der Waals surface area contributed by atoms with E-state index in [4.69, 9.17) is 0 Å². The summed E-state index contributed by atoms with van der Waals surface area (Å²) in [6.07, 6.45) is 3.55. The predicted molar refractivity (Wildman–Crippen MR) is 79.4 cm³/mol. The zero-order valence-electron chi connectivity index (χ0n) is 12.3. The van der Waals surface area contributed by atoms with Gasteiger partial charge < -0.3 is 4.90 Å². The Balaban J connectivity index is 2.25. The maximum Gasteiger partial charge on any atom is 0.0351 e. The Labute approximate surface area is 112 Å². The summed E-state index contributed by atoms with van der Waals surface area (Å²) >= 11 is 0. The minimum Gasteiger partial charge on any atom is -0.371 e. The highest BCUT2D eigenvalue weighted by atomic mass is 15.2. The van der Waals surface area contributed by atoms with E-state index in [9.17, 15) is 0 Å². The molecule has 1 aromatic carbocycles. The molecule has 0 N–H and O–H groups in total. The third-order valence-corrected chi connectivity index (χ3v) is 3.91. The van der Waals surface area contributed by atoms with Gasteiger partial charge in [-0.25, -0.2) is 0 Å². The van der Waals surface area contributed by atoms with Gasteiger partial charge in [-0.2, -0.15) is 0 Å². The molecule has 1 heteroatoms. The molecule has 0 amide bonds. The predicted octanol–water partition coefficient (Wildman–Crippen LogP) is 4.47. The van der Waals surface area contributed by atoms with E-state index in [1.54, 1.807) is 0 Å². The van der Waals surface area contributed by atoms with E-state index in [1.807, 2.05) is 0 Å². The highest BCUT2D eigenvalue weighted by Gasteiger charge is 2.28. The standard InChI is InChI=1S/C17H25N/c1-12(2)17-10-16(11-18(17)13(3)4)15-8-6-14(5)7-9-15/h6-9,11-13,17H,10H2,1-5H3/t17-/m0/s1. The highest BCUT2D eigenvalue weighted by Crippen LogP contribution is 2.34. The van der Waals surface area contributed by atoms with Gasteiger partial charge in [-0.15, -0.1) is 0 Å². The SMILES string of the molecule is Cc1ccc(C2=CN(C(C)C)[C@H](C(C)C)C2)cc1. The van der Waals surface area contributed by atoms with E-state index in [-0.39, 0.29) is 0 Å². The van der Waals surface area contributed by atoms with E-state index in [2.05, 4.69) is 70.0 Å². The molecule has 0 bridgehead atoms. The molecular weight excluding hydrogens is 218 g/mol.